The summed E-state index contributed by atoms with van der Waals surface area (Å²) < 4.78 is 23.3. The summed E-state index contributed by atoms with van der Waals surface area (Å²) in [4.78, 5) is 0. The van der Waals surface area contributed by atoms with Gasteiger partial charge in [-0.3, -0.25) is 4.18 Å². The lowest BCUT2D eigenvalue weighted by molar-refractivity contribution is 0.333. The molecule has 0 fully saturated rings. The SMILES string of the molecule is CCCO[SH](=O)=O.N. The third-order valence-electron chi connectivity index (χ3n) is 0.401. The largest absolute Gasteiger partial charge is 0.344 e. The fraction of sp³-hybridized carbons (Fsp3) is 1.00. The minimum Gasteiger partial charge on any atom is -0.344 e. The lowest BCUT2D eigenvalue weighted by Crippen LogP contribution is -1.87. The van der Waals surface area contributed by atoms with Crippen LogP contribution in [0.5, 0.6) is 0 Å². The van der Waals surface area contributed by atoms with E-state index in [0.717, 1.165) is 6.42 Å². The Morgan fingerprint density at radius 1 is 1.50 bits per heavy atom. The van der Waals surface area contributed by atoms with Crippen molar-refractivity contribution in [3.8, 4) is 0 Å². The summed E-state index contributed by atoms with van der Waals surface area (Å²) >= 11 is 0. The van der Waals surface area contributed by atoms with Crippen molar-refractivity contribution in [2.24, 2.45) is 0 Å². The zero-order valence-electron chi connectivity index (χ0n) is 4.79. The van der Waals surface area contributed by atoms with E-state index in [-0.39, 0.29) is 6.15 Å². The molecule has 0 atom stereocenters. The highest BCUT2D eigenvalue weighted by molar-refractivity contribution is 7.67. The second kappa shape index (κ2) is 6.87. The van der Waals surface area contributed by atoms with Gasteiger partial charge in [0, 0.05) is 0 Å². The van der Waals surface area contributed by atoms with Gasteiger partial charge in [0.1, 0.15) is 0 Å². The van der Waals surface area contributed by atoms with Gasteiger partial charge in [-0.25, -0.2) is 8.42 Å². The van der Waals surface area contributed by atoms with E-state index in [1.807, 2.05) is 6.92 Å². The summed E-state index contributed by atoms with van der Waals surface area (Å²) in [7, 11) is -2.61. The van der Waals surface area contributed by atoms with Crippen LogP contribution in [0.3, 0.4) is 0 Å². The third-order valence-corrected chi connectivity index (χ3v) is 0.794. The van der Waals surface area contributed by atoms with Gasteiger partial charge < -0.3 is 6.15 Å². The van der Waals surface area contributed by atoms with Gasteiger partial charge in [-0.15, -0.1) is 0 Å². The summed E-state index contributed by atoms with van der Waals surface area (Å²) in [5, 5.41) is 0. The van der Waals surface area contributed by atoms with Crippen LogP contribution in [0.2, 0.25) is 0 Å². The monoisotopic (exact) mass is 141 g/mol. The standard InChI is InChI=1S/C3H8O3S.H3N/c1-2-3-6-7(4)5;/h7H,2-3H2,1H3;1H3. The maximum Gasteiger partial charge on any atom is 0.257 e. The molecule has 0 aromatic carbocycles. The summed E-state index contributed by atoms with van der Waals surface area (Å²) in [6.07, 6.45) is 0.739. The molecule has 0 radical (unpaired) electrons. The third kappa shape index (κ3) is 9.30. The van der Waals surface area contributed by atoms with Crippen LogP contribution in [-0.2, 0) is 15.2 Å². The predicted octanol–water partition coefficient (Wildman–Crippen LogP) is 0.101. The zero-order chi connectivity index (χ0) is 5.70. The van der Waals surface area contributed by atoms with E-state index in [4.69, 9.17) is 0 Å². The Kier molecular flexibility index (Phi) is 9.26. The van der Waals surface area contributed by atoms with Crippen molar-refractivity contribution in [3.63, 3.8) is 0 Å². The normalized spacial score (nSPS) is 8.75. The summed E-state index contributed by atoms with van der Waals surface area (Å²) in [6.45, 7) is 2.15. The number of hydrogen-bond donors (Lipinski definition) is 2. The molecule has 0 amide bonds. The molecule has 5 heteroatoms. The maximum atomic E-state index is 9.57. The Labute approximate surface area is 50.6 Å². The maximum absolute atomic E-state index is 9.57. The van der Waals surface area contributed by atoms with Crippen LogP contribution in [0.15, 0.2) is 0 Å². The highest BCUT2D eigenvalue weighted by atomic mass is 32.2. The molecule has 8 heavy (non-hydrogen) atoms. The van der Waals surface area contributed by atoms with E-state index >= 15 is 0 Å². The molecule has 0 spiro atoms. The van der Waals surface area contributed by atoms with E-state index in [2.05, 4.69) is 4.18 Å². The van der Waals surface area contributed by atoms with Gasteiger partial charge in [0.05, 0.1) is 6.61 Å². The predicted molar refractivity (Wildman–Crippen MR) is 31.6 cm³/mol. The van der Waals surface area contributed by atoms with Gasteiger partial charge in [0.15, 0.2) is 0 Å². The highest BCUT2D eigenvalue weighted by Gasteiger charge is 1.79. The average Bonchev–Trinajstić information content (AvgIpc) is 1.61. The molecule has 0 unspecified atom stereocenters. The molecule has 0 aromatic rings. The van der Waals surface area contributed by atoms with Crippen molar-refractivity contribution >= 4 is 11.0 Å². The Bertz CT molecular complexity index is 92.7. The lowest BCUT2D eigenvalue weighted by Gasteiger charge is -1.84. The zero-order valence-corrected chi connectivity index (χ0v) is 5.69. The molecule has 3 N–H and O–H groups in total. The molecule has 4 nitrogen and oxygen atoms in total. The highest BCUT2D eigenvalue weighted by Crippen LogP contribution is 1.76. The first-order valence-corrected chi connectivity index (χ1v) is 3.14. The molecule has 0 saturated carbocycles. The molecule has 0 saturated heterocycles. The first kappa shape index (κ1) is 10.8. The quantitative estimate of drug-likeness (QED) is 0.546. The summed E-state index contributed by atoms with van der Waals surface area (Å²) in [5.41, 5.74) is 0. The topological polar surface area (TPSA) is 78.4 Å². The summed E-state index contributed by atoms with van der Waals surface area (Å²) in [6, 6.07) is 0. The van der Waals surface area contributed by atoms with Crippen LogP contribution in [-0.4, -0.2) is 15.0 Å². The average molecular weight is 141 g/mol. The molecular weight excluding hydrogens is 130 g/mol. The van der Waals surface area contributed by atoms with Crippen LogP contribution >= 0.6 is 0 Å². The van der Waals surface area contributed by atoms with Crippen molar-refractivity contribution in [1.29, 1.82) is 0 Å². The van der Waals surface area contributed by atoms with Gasteiger partial charge in [-0.2, -0.15) is 0 Å². The van der Waals surface area contributed by atoms with Gasteiger partial charge >= 0.3 is 0 Å². The smallest absolute Gasteiger partial charge is 0.257 e. The van der Waals surface area contributed by atoms with E-state index in [1.54, 1.807) is 0 Å². The molecule has 0 heterocycles. The Morgan fingerprint density at radius 3 is 2.12 bits per heavy atom. The molecule has 0 aromatic heterocycles. The van der Waals surface area contributed by atoms with Gasteiger partial charge in [-0.05, 0) is 6.42 Å². The van der Waals surface area contributed by atoms with Crippen molar-refractivity contribution in [1.82, 2.24) is 6.15 Å². The van der Waals surface area contributed by atoms with Crippen LogP contribution < -0.4 is 6.15 Å². The van der Waals surface area contributed by atoms with Gasteiger partial charge in [0.25, 0.3) is 11.0 Å². The van der Waals surface area contributed by atoms with Crippen LogP contribution in [0.25, 0.3) is 0 Å². The number of rotatable bonds is 3. The Balaban J connectivity index is 0. The van der Waals surface area contributed by atoms with E-state index < -0.39 is 11.0 Å². The summed E-state index contributed by atoms with van der Waals surface area (Å²) in [5.74, 6) is 0. The van der Waals surface area contributed by atoms with E-state index in [0.29, 0.717) is 6.61 Å². The molecule has 0 aliphatic heterocycles. The van der Waals surface area contributed by atoms with Gasteiger partial charge in [-0.1, -0.05) is 6.92 Å². The first-order valence-electron chi connectivity index (χ1n) is 2.04. The van der Waals surface area contributed by atoms with Crippen molar-refractivity contribution < 1.29 is 12.6 Å². The van der Waals surface area contributed by atoms with Crippen molar-refractivity contribution in [2.45, 2.75) is 13.3 Å². The minimum atomic E-state index is -2.61. The van der Waals surface area contributed by atoms with Crippen molar-refractivity contribution in [2.75, 3.05) is 6.61 Å². The van der Waals surface area contributed by atoms with E-state index in [1.165, 1.54) is 0 Å². The molecule has 52 valence electrons. The molecular formula is C3H11NO3S. The fourth-order valence-corrected chi connectivity index (χ4v) is 0.497. The molecule has 0 bridgehead atoms. The first-order chi connectivity index (χ1) is 3.27. The lowest BCUT2D eigenvalue weighted by atomic mass is 10.5. The molecule has 0 aliphatic rings. The second-order valence-electron chi connectivity index (χ2n) is 1.06. The number of hydrogen-bond acceptors (Lipinski definition) is 4. The molecule has 0 aliphatic carbocycles. The minimum absolute atomic E-state index is 0. The Morgan fingerprint density at radius 2 is 2.00 bits per heavy atom. The van der Waals surface area contributed by atoms with Crippen LogP contribution in [0.4, 0.5) is 0 Å². The Hall–Kier alpha value is -0.130. The fourth-order valence-electron chi connectivity index (χ4n) is 0.166. The van der Waals surface area contributed by atoms with Crippen LogP contribution in [0.1, 0.15) is 13.3 Å². The van der Waals surface area contributed by atoms with Crippen molar-refractivity contribution in [3.05, 3.63) is 0 Å². The van der Waals surface area contributed by atoms with Gasteiger partial charge in [0.2, 0.25) is 0 Å². The van der Waals surface area contributed by atoms with E-state index in [9.17, 15) is 8.42 Å². The second-order valence-corrected chi connectivity index (χ2v) is 1.76. The number of thiol groups is 1. The molecule has 0 rings (SSSR count). The van der Waals surface area contributed by atoms with Crippen LogP contribution in [0, 0.1) is 0 Å².